The largest absolute Gasteiger partial charge is 0.481 e. The number of halogens is 1. The number of hydrogen-bond donors (Lipinski definition) is 1. The molecule has 1 fully saturated rings. The molecule has 2 rings (SSSR count). The fourth-order valence-corrected chi connectivity index (χ4v) is 2.83. The van der Waals surface area contributed by atoms with Gasteiger partial charge in [0.2, 0.25) is 5.91 Å². The van der Waals surface area contributed by atoms with Crippen molar-refractivity contribution in [3.63, 3.8) is 0 Å². The lowest BCUT2D eigenvalue weighted by molar-refractivity contribution is -0.148. The Bertz CT molecular complexity index is 563. The molecule has 5 nitrogen and oxygen atoms in total. The van der Waals surface area contributed by atoms with Crippen LogP contribution >= 0.6 is 0 Å². The summed E-state index contributed by atoms with van der Waals surface area (Å²) in [6.45, 7) is 3.12. The lowest BCUT2D eigenvalue weighted by Crippen LogP contribution is -2.46. The van der Waals surface area contributed by atoms with Gasteiger partial charge in [0.25, 0.3) is 0 Å². The summed E-state index contributed by atoms with van der Waals surface area (Å²) in [6.07, 6.45) is 0.453. The Kier molecular flexibility index (Phi) is 6.10. The first kappa shape index (κ1) is 17.4. The van der Waals surface area contributed by atoms with Crippen molar-refractivity contribution in [1.29, 1.82) is 0 Å². The quantitative estimate of drug-likeness (QED) is 0.870. The van der Waals surface area contributed by atoms with Gasteiger partial charge in [-0.05, 0) is 30.0 Å². The Morgan fingerprint density at radius 2 is 2.26 bits per heavy atom. The smallest absolute Gasteiger partial charge is 0.306 e. The van der Waals surface area contributed by atoms with E-state index < -0.39 is 12.1 Å². The van der Waals surface area contributed by atoms with Crippen molar-refractivity contribution in [2.45, 2.75) is 32.3 Å². The van der Waals surface area contributed by atoms with Crippen LogP contribution in [0, 0.1) is 11.7 Å². The molecule has 0 unspecified atom stereocenters. The minimum atomic E-state index is -0.927. The average Bonchev–Trinajstić information content (AvgIpc) is 2.46. The molecule has 23 heavy (non-hydrogen) atoms. The van der Waals surface area contributed by atoms with E-state index in [1.807, 2.05) is 13.0 Å². The fourth-order valence-electron chi connectivity index (χ4n) is 2.83. The number of carboxylic acid groups (broad SMARTS) is 1. The van der Waals surface area contributed by atoms with Crippen LogP contribution in [0.5, 0.6) is 0 Å². The standard InChI is InChI=1S/C17H22FNO4/c1-12(7-13-3-2-4-14(18)9-13)8-16(20)19-5-6-23-15(11-19)10-17(21)22/h2-4,9,12,15H,5-8,10-11H2,1H3,(H,21,22)/t12-,15-/m1/s1. The molecule has 1 amide bonds. The first-order valence-corrected chi connectivity index (χ1v) is 7.79. The second kappa shape index (κ2) is 8.06. The van der Waals surface area contributed by atoms with Crippen LogP contribution < -0.4 is 0 Å². The van der Waals surface area contributed by atoms with Crippen molar-refractivity contribution >= 4 is 11.9 Å². The topological polar surface area (TPSA) is 66.8 Å². The van der Waals surface area contributed by atoms with Gasteiger partial charge >= 0.3 is 5.97 Å². The Morgan fingerprint density at radius 1 is 1.48 bits per heavy atom. The molecule has 1 aliphatic heterocycles. The van der Waals surface area contributed by atoms with E-state index in [0.717, 1.165) is 5.56 Å². The molecular formula is C17H22FNO4. The number of hydrogen-bond acceptors (Lipinski definition) is 3. The minimum absolute atomic E-state index is 0.00686. The van der Waals surface area contributed by atoms with Crippen LogP contribution in [0.2, 0.25) is 0 Å². The van der Waals surface area contributed by atoms with Crippen LogP contribution in [0.1, 0.15) is 25.3 Å². The van der Waals surface area contributed by atoms with Crippen LogP contribution in [0.3, 0.4) is 0 Å². The van der Waals surface area contributed by atoms with Gasteiger partial charge in [0.05, 0.1) is 19.1 Å². The molecule has 0 aliphatic carbocycles. The summed E-state index contributed by atoms with van der Waals surface area (Å²) < 4.78 is 18.5. The molecule has 1 saturated heterocycles. The molecule has 0 spiro atoms. The molecule has 1 heterocycles. The molecule has 126 valence electrons. The van der Waals surface area contributed by atoms with E-state index in [-0.39, 0.29) is 24.1 Å². The second-order valence-electron chi connectivity index (χ2n) is 6.07. The number of aliphatic carboxylic acids is 1. The predicted octanol–water partition coefficient (Wildman–Crippen LogP) is 2.10. The zero-order valence-corrected chi connectivity index (χ0v) is 13.2. The van der Waals surface area contributed by atoms with E-state index >= 15 is 0 Å². The molecule has 1 aromatic carbocycles. The monoisotopic (exact) mass is 323 g/mol. The van der Waals surface area contributed by atoms with Crippen molar-refractivity contribution in [3.05, 3.63) is 35.6 Å². The van der Waals surface area contributed by atoms with Crippen molar-refractivity contribution in [3.8, 4) is 0 Å². The number of nitrogens with zero attached hydrogens (tertiary/aromatic N) is 1. The van der Waals surface area contributed by atoms with Crippen molar-refractivity contribution in [2.75, 3.05) is 19.7 Å². The van der Waals surface area contributed by atoms with Crippen molar-refractivity contribution in [1.82, 2.24) is 4.90 Å². The lowest BCUT2D eigenvalue weighted by Gasteiger charge is -2.33. The Hall–Kier alpha value is -1.95. The average molecular weight is 323 g/mol. The number of amides is 1. The highest BCUT2D eigenvalue weighted by molar-refractivity contribution is 5.76. The predicted molar refractivity (Wildman–Crippen MR) is 82.5 cm³/mol. The molecule has 1 aromatic rings. The van der Waals surface area contributed by atoms with Crippen LogP contribution in [0.15, 0.2) is 24.3 Å². The van der Waals surface area contributed by atoms with Gasteiger partial charge in [0, 0.05) is 19.5 Å². The molecule has 6 heteroatoms. The van der Waals surface area contributed by atoms with Crippen LogP contribution in [0.4, 0.5) is 4.39 Å². The minimum Gasteiger partial charge on any atom is -0.481 e. The number of carboxylic acids is 1. The summed E-state index contributed by atoms with van der Waals surface area (Å²) in [5.74, 6) is -1.12. The highest BCUT2D eigenvalue weighted by Crippen LogP contribution is 2.16. The zero-order chi connectivity index (χ0) is 16.8. The van der Waals surface area contributed by atoms with Crippen molar-refractivity contribution in [2.24, 2.45) is 5.92 Å². The van der Waals surface area contributed by atoms with E-state index in [0.29, 0.717) is 32.5 Å². The van der Waals surface area contributed by atoms with Crippen LogP contribution in [-0.4, -0.2) is 47.7 Å². The number of rotatable bonds is 6. The van der Waals surface area contributed by atoms with Gasteiger partial charge in [-0.3, -0.25) is 9.59 Å². The molecule has 0 aromatic heterocycles. The van der Waals surface area contributed by atoms with Gasteiger partial charge in [-0.2, -0.15) is 0 Å². The summed E-state index contributed by atoms with van der Waals surface area (Å²) in [5.41, 5.74) is 0.871. The molecule has 2 atom stereocenters. The van der Waals surface area contributed by atoms with Gasteiger partial charge in [-0.1, -0.05) is 19.1 Å². The molecule has 1 N–H and O–H groups in total. The number of carbonyl (C=O) groups excluding carboxylic acids is 1. The highest BCUT2D eigenvalue weighted by atomic mass is 19.1. The second-order valence-corrected chi connectivity index (χ2v) is 6.07. The van der Waals surface area contributed by atoms with Crippen LogP contribution in [-0.2, 0) is 20.7 Å². The number of benzene rings is 1. The maximum atomic E-state index is 13.2. The fraction of sp³-hybridized carbons (Fsp3) is 0.529. The first-order chi connectivity index (χ1) is 10.9. The van der Waals surface area contributed by atoms with Crippen molar-refractivity contribution < 1.29 is 23.8 Å². The van der Waals surface area contributed by atoms with Gasteiger partial charge < -0.3 is 14.7 Å². The Morgan fingerprint density at radius 3 is 2.96 bits per heavy atom. The molecule has 0 saturated carbocycles. The molecule has 0 bridgehead atoms. The number of carbonyl (C=O) groups is 2. The lowest BCUT2D eigenvalue weighted by atomic mass is 9.97. The molecular weight excluding hydrogens is 301 g/mol. The van der Waals surface area contributed by atoms with Gasteiger partial charge in [0.1, 0.15) is 5.82 Å². The van der Waals surface area contributed by atoms with Crippen LogP contribution in [0.25, 0.3) is 0 Å². The van der Waals surface area contributed by atoms with Gasteiger partial charge in [-0.15, -0.1) is 0 Å². The van der Waals surface area contributed by atoms with Gasteiger partial charge in [0.15, 0.2) is 0 Å². The normalized spacial score (nSPS) is 19.4. The Balaban J connectivity index is 1.84. The summed E-state index contributed by atoms with van der Waals surface area (Å²) in [7, 11) is 0. The zero-order valence-electron chi connectivity index (χ0n) is 13.2. The Labute approximate surface area is 135 Å². The van der Waals surface area contributed by atoms with Gasteiger partial charge in [-0.25, -0.2) is 4.39 Å². The molecule has 1 aliphatic rings. The third kappa shape index (κ3) is 5.63. The SMILES string of the molecule is C[C@@H](CC(=O)N1CCO[C@H](CC(=O)O)C1)Cc1cccc(F)c1. The number of morpholine rings is 1. The third-order valence-corrected chi connectivity index (χ3v) is 3.89. The maximum Gasteiger partial charge on any atom is 0.306 e. The molecule has 0 radical (unpaired) electrons. The summed E-state index contributed by atoms with van der Waals surface area (Å²) in [4.78, 5) is 24.8. The van der Waals surface area contributed by atoms with E-state index in [2.05, 4.69) is 0 Å². The van der Waals surface area contributed by atoms with E-state index in [9.17, 15) is 14.0 Å². The number of ether oxygens (including phenoxy) is 1. The summed E-state index contributed by atoms with van der Waals surface area (Å²) in [6, 6.07) is 6.40. The summed E-state index contributed by atoms with van der Waals surface area (Å²) in [5, 5.41) is 8.81. The first-order valence-electron chi connectivity index (χ1n) is 7.79. The third-order valence-electron chi connectivity index (χ3n) is 3.89. The van der Waals surface area contributed by atoms with E-state index in [4.69, 9.17) is 9.84 Å². The van der Waals surface area contributed by atoms with E-state index in [1.54, 1.807) is 11.0 Å². The summed E-state index contributed by atoms with van der Waals surface area (Å²) >= 11 is 0. The maximum absolute atomic E-state index is 13.2. The van der Waals surface area contributed by atoms with E-state index in [1.165, 1.54) is 12.1 Å². The highest BCUT2D eigenvalue weighted by Gasteiger charge is 2.26.